The Bertz CT molecular complexity index is 824. The Morgan fingerprint density at radius 2 is 1.85 bits per heavy atom. The molecular weight excluding hydrogens is 346 g/mol. The van der Waals surface area contributed by atoms with Gasteiger partial charge in [-0.2, -0.15) is 0 Å². The first-order valence-electron chi connectivity index (χ1n) is 8.78. The monoisotopic (exact) mass is 369 g/mol. The number of hydrogen-bond donors (Lipinski definition) is 2. The third-order valence-electron chi connectivity index (χ3n) is 4.50. The van der Waals surface area contributed by atoms with E-state index < -0.39 is 6.04 Å². The van der Waals surface area contributed by atoms with E-state index in [1.165, 1.54) is 0 Å². The molecule has 1 heterocycles. The van der Waals surface area contributed by atoms with Gasteiger partial charge in [0.05, 0.1) is 19.9 Å². The summed E-state index contributed by atoms with van der Waals surface area (Å²) in [6, 6.07) is 13.5. The van der Waals surface area contributed by atoms with Crippen LogP contribution in [-0.4, -0.2) is 43.6 Å². The number of urea groups is 1. The molecule has 2 aromatic rings. The molecule has 1 aliphatic rings. The first-order valence-corrected chi connectivity index (χ1v) is 8.78. The topological polar surface area (TPSA) is 79.9 Å². The predicted octanol–water partition coefficient (Wildman–Crippen LogP) is 3.34. The van der Waals surface area contributed by atoms with Crippen molar-refractivity contribution in [3.8, 4) is 11.5 Å². The number of rotatable bonds is 5. The van der Waals surface area contributed by atoms with E-state index in [1.807, 2.05) is 12.1 Å². The van der Waals surface area contributed by atoms with Crippen molar-refractivity contribution >= 4 is 23.3 Å². The van der Waals surface area contributed by atoms with Gasteiger partial charge >= 0.3 is 6.03 Å². The summed E-state index contributed by atoms with van der Waals surface area (Å²) in [7, 11) is 3.12. The summed E-state index contributed by atoms with van der Waals surface area (Å²) in [5.41, 5.74) is 1.21. The van der Waals surface area contributed by atoms with E-state index >= 15 is 0 Å². The summed E-state index contributed by atoms with van der Waals surface area (Å²) in [5.74, 6) is 1.02. The summed E-state index contributed by atoms with van der Waals surface area (Å²) in [6.07, 6.45) is 1.39. The molecule has 7 nitrogen and oxygen atoms in total. The number of benzene rings is 2. The Morgan fingerprint density at radius 1 is 1.04 bits per heavy atom. The van der Waals surface area contributed by atoms with Crippen LogP contribution >= 0.6 is 0 Å². The second-order valence-electron chi connectivity index (χ2n) is 6.20. The van der Waals surface area contributed by atoms with Crippen LogP contribution < -0.4 is 20.1 Å². The summed E-state index contributed by atoms with van der Waals surface area (Å²) in [4.78, 5) is 27.0. The van der Waals surface area contributed by atoms with Crippen LogP contribution in [0.1, 0.15) is 12.8 Å². The van der Waals surface area contributed by atoms with Gasteiger partial charge in [-0.15, -0.1) is 0 Å². The fraction of sp³-hybridized carbons (Fsp3) is 0.300. The molecule has 0 saturated carbocycles. The van der Waals surface area contributed by atoms with Crippen molar-refractivity contribution in [2.24, 2.45) is 0 Å². The molecule has 0 aliphatic carbocycles. The normalized spacial score (nSPS) is 15.9. The lowest BCUT2D eigenvalue weighted by molar-refractivity contribution is -0.119. The molecule has 0 unspecified atom stereocenters. The molecular formula is C20H23N3O4. The summed E-state index contributed by atoms with van der Waals surface area (Å²) >= 11 is 0. The average molecular weight is 369 g/mol. The number of anilines is 2. The van der Waals surface area contributed by atoms with Gasteiger partial charge < -0.3 is 25.0 Å². The SMILES string of the molecule is COc1cccc(NC(=O)[C@@H]2CCCN2C(=O)Nc2ccccc2OC)c1. The Labute approximate surface area is 158 Å². The van der Waals surface area contributed by atoms with Gasteiger partial charge in [0.25, 0.3) is 0 Å². The predicted molar refractivity (Wildman–Crippen MR) is 103 cm³/mol. The number of nitrogens with zero attached hydrogens (tertiary/aromatic N) is 1. The number of nitrogens with one attached hydrogen (secondary N) is 2. The zero-order valence-corrected chi connectivity index (χ0v) is 15.4. The molecule has 27 heavy (non-hydrogen) atoms. The Kier molecular flexibility index (Phi) is 5.80. The van der Waals surface area contributed by atoms with Gasteiger partial charge in [0, 0.05) is 18.3 Å². The van der Waals surface area contributed by atoms with Crippen LogP contribution in [-0.2, 0) is 4.79 Å². The molecule has 0 spiro atoms. The third-order valence-corrected chi connectivity index (χ3v) is 4.50. The molecule has 7 heteroatoms. The fourth-order valence-corrected chi connectivity index (χ4v) is 3.14. The molecule has 1 aliphatic heterocycles. The van der Waals surface area contributed by atoms with E-state index in [4.69, 9.17) is 9.47 Å². The van der Waals surface area contributed by atoms with Gasteiger partial charge in [-0.3, -0.25) is 4.79 Å². The molecule has 0 radical (unpaired) electrons. The maximum Gasteiger partial charge on any atom is 0.322 e. The highest BCUT2D eigenvalue weighted by molar-refractivity contribution is 6.00. The number of methoxy groups -OCH3 is 2. The van der Waals surface area contributed by atoms with Gasteiger partial charge in [-0.05, 0) is 37.1 Å². The molecule has 0 aromatic heterocycles. The summed E-state index contributed by atoms with van der Waals surface area (Å²) < 4.78 is 10.4. The van der Waals surface area contributed by atoms with E-state index in [0.29, 0.717) is 35.8 Å². The molecule has 2 N–H and O–H groups in total. The first kappa shape index (κ1) is 18.6. The summed E-state index contributed by atoms with van der Waals surface area (Å²) in [5, 5.41) is 5.70. The highest BCUT2D eigenvalue weighted by Gasteiger charge is 2.34. The maximum atomic E-state index is 12.7. The number of hydrogen-bond acceptors (Lipinski definition) is 4. The smallest absolute Gasteiger partial charge is 0.322 e. The van der Waals surface area contributed by atoms with E-state index in [0.717, 1.165) is 6.42 Å². The molecule has 142 valence electrons. The van der Waals surface area contributed by atoms with Gasteiger partial charge in [-0.1, -0.05) is 18.2 Å². The number of amides is 3. The first-order chi connectivity index (χ1) is 13.1. The number of carbonyl (C=O) groups is 2. The second kappa shape index (κ2) is 8.44. The van der Waals surface area contributed by atoms with Crippen molar-refractivity contribution < 1.29 is 19.1 Å². The summed E-state index contributed by atoms with van der Waals surface area (Å²) in [6.45, 7) is 0.525. The number of para-hydroxylation sites is 2. The lowest BCUT2D eigenvalue weighted by Crippen LogP contribution is -2.45. The van der Waals surface area contributed by atoms with E-state index in [2.05, 4.69) is 10.6 Å². The Hall–Kier alpha value is -3.22. The molecule has 3 rings (SSSR count). The lowest BCUT2D eigenvalue weighted by atomic mass is 10.2. The van der Waals surface area contributed by atoms with Crippen LogP contribution in [0.15, 0.2) is 48.5 Å². The lowest BCUT2D eigenvalue weighted by Gasteiger charge is -2.24. The van der Waals surface area contributed by atoms with Crippen LogP contribution in [0.2, 0.25) is 0 Å². The van der Waals surface area contributed by atoms with Crippen LogP contribution in [0.4, 0.5) is 16.2 Å². The van der Waals surface area contributed by atoms with Gasteiger partial charge in [0.15, 0.2) is 0 Å². The molecule has 1 atom stereocenters. The van der Waals surface area contributed by atoms with Crippen molar-refractivity contribution in [2.75, 3.05) is 31.4 Å². The second-order valence-corrected chi connectivity index (χ2v) is 6.20. The quantitative estimate of drug-likeness (QED) is 0.847. The minimum atomic E-state index is -0.522. The van der Waals surface area contributed by atoms with E-state index in [1.54, 1.807) is 55.5 Å². The average Bonchev–Trinajstić information content (AvgIpc) is 3.19. The Balaban J connectivity index is 1.68. The van der Waals surface area contributed by atoms with Crippen LogP contribution in [0.25, 0.3) is 0 Å². The minimum absolute atomic E-state index is 0.212. The molecule has 0 bridgehead atoms. The van der Waals surface area contributed by atoms with Crippen molar-refractivity contribution in [3.63, 3.8) is 0 Å². The molecule has 1 saturated heterocycles. The van der Waals surface area contributed by atoms with Crippen molar-refractivity contribution in [3.05, 3.63) is 48.5 Å². The standard InChI is InChI=1S/C20H23N3O4/c1-26-15-8-5-7-14(13-15)21-19(24)17-10-6-12-23(17)20(25)22-16-9-3-4-11-18(16)27-2/h3-5,7-9,11,13,17H,6,10,12H2,1-2H3,(H,21,24)(H,22,25)/t17-/m0/s1. The number of carbonyl (C=O) groups excluding carboxylic acids is 2. The number of ether oxygens (including phenoxy) is 2. The minimum Gasteiger partial charge on any atom is -0.497 e. The van der Waals surface area contributed by atoms with Gasteiger partial charge in [0.2, 0.25) is 5.91 Å². The van der Waals surface area contributed by atoms with E-state index in [9.17, 15) is 9.59 Å². The maximum absolute atomic E-state index is 12.7. The largest absolute Gasteiger partial charge is 0.497 e. The molecule has 3 amide bonds. The number of likely N-dealkylation sites (tertiary alicyclic amines) is 1. The highest BCUT2D eigenvalue weighted by Crippen LogP contribution is 2.26. The van der Waals surface area contributed by atoms with Crippen LogP contribution in [0.3, 0.4) is 0 Å². The van der Waals surface area contributed by atoms with Crippen LogP contribution in [0.5, 0.6) is 11.5 Å². The fourth-order valence-electron chi connectivity index (χ4n) is 3.14. The van der Waals surface area contributed by atoms with E-state index in [-0.39, 0.29) is 11.9 Å². The third kappa shape index (κ3) is 4.31. The van der Waals surface area contributed by atoms with Gasteiger partial charge in [0.1, 0.15) is 17.5 Å². The van der Waals surface area contributed by atoms with Crippen molar-refractivity contribution in [1.29, 1.82) is 0 Å². The van der Waals surface area contributed by atoms with Crippen LogP contribution in [0, 0.1) is 0 Å². The molecule has 1 fully saturated rings. The molecule has 2 aromatic carbocycles. The van der Waals surface area contributed by atoms with Gasteiger partial charge in [-0.25, -0.2) is 4.79 Å². The highest BCUT2D eigenvalue weighted by atomic mass is 16.5. The zero-order valence-electron chi connectivity index (χ0n) is 15.4. The van der Waals surface area contributed by atoms with Crippen molar-refractivity contribution in [2.45, 2.75) is 18.9 Å². The van der Waals surface area contributed by atoms with Crippen molar-refractivity contribution in [1.82, 2.24) is 4.90 Å². The zero-order chi connectivity index (χ0) is 19.2. The Morgan fingerprint density at radius 3 is 2.63 bits per heavy atom.